The zero-order valence-corrected chi connectivity index (χ0v) is 19.4. The van der Waals surface area contributed by atoms with Crippen LogP contribution < -0.4 is 9.47 Å². The highest BCUT2D eigenvalue weighted by atomic mass is 16.6. The largest absolute Gasteiger partial charge is 0.423 e. The first kappa shape index (κ1) is 26.2. The van der Waals surface area contributed by atoms with Gasteiger partial charge in [0.15, 0.2) is 11.5 Å². The van der Waals surface area contributed by atoms with Gasteiger partial charge in [0.1, 0.15) is 0 Å². The van der Waals surface area contributed by atoms with Crippen molar-refractivity contribution in [3.05, 3.63) is 24.3 Å². The van der Waals surface area contributed by atoms with Crippen LogP contribution in [0, 0.1) is 5.92 Å². The minimum absolute atomic E-state index is 0.267. The molecule has 30 heavy (non-hydrogen) atoms. The highest BCUT2D eigenvalue weighted by Gasteiger charge is 2.13. The Hall–Kier alpha value is -1.84. The lowest BCUT2D eigenvalue weighted by atomic mass is 10.0. The first-order chi connectivity index (χ1) is 14.5. The summed E-state index contributed by atoms with van der Waals surface area (Å²) in [5.41, 5.74) is 0. The fraction of sp³-hybridized carbons (Fsp3) is 0.692. The zero-order chi connectivity index (χ0) is 22.0. The second-order valence-electron chi connectivity index (χ2n) is 8.61. The summed E-state index contributed by atoms with van der Waals surface area (Å²) in [4.78, 5) is 24.3. The number of hydrogen-bond donors (Lipinski definition) is 0. The second kappa shape index (κ2) is 16.9. The van der Waals surface area contributed by atoms with Gasteiger partial charge in [0.2, 0.25) is 0 Å². The van der Waals surface area contributed by atoms with Gasteiger partial charge in [-0.15, -0.1) is 0 Å². The number of para-hydroxylation sites is 2. The smallest absolute Gasteiger partial charge is 0.311 e. The van der Waals surface area contributed by atoms with E-state index in [1.807, 2.05) is 0 Å². The number of rotatable bonds is 17. The fourth-order valence-corrected chi connectivity index (χ4v) is 3.37. The van der Waals surface area contributed by atoms with Crippen molar-refractivity contribution in [2.45, 2.75) is 111 Å². The molecular formula is C26H42O4. The maximum atomic E-state index is 12.2. The van der Waals surface area contributed by atoms with Crippen LogP contribution in [0.25, 0.3) is 0 Å². The first-order valence-electron chi connectivity index (χ1n) is 12.0. The van der Waals surface area contributed by atoms with Crippen LogP contribution in [0.5, 0.6) is 11.5 Å². The highest BCUT2D eigenvalue weighted by molar-refractivity contribution is 5.76. The van der Waals surface area contributed by atoms with Gasteiger partial charge in [0.05, 0.1) is 0 Å². The van der Waals surface area contributed by atoms with E-state index >= 15 is 0 Å². The minimum Gasteiger partial charge on any atom is -0.423 e. The quantitative estimate of drug-likeness (QED) is 0.148. The molecular weight excluding hydrogens is 376 g/mol. The molecule has 0 aliphatic carbocycles. The number of ether oxygens (including phenoxy) is 2. The third kappa shape index (κ3) is 13.4. The predicted molar refractivity (Wildman–Crippen MR) is 123 cm³/mol. The molecule has 4 heteroatoms. The molecule has 4 nitrogen and oxygen atoms in total. The number of carbonyl (C=O) groups excluding carboxylic acids is 2. The molecule has 0 aliphatic heterocycles. The van der Waals surface area contributed by atoms with Gasteiger partial charge < -0.3 is 9.47 Å². The molecule has 0 spiro atoms. The number of hydrogen-bond acceptors (Lipinski definition) is 4. The highest BCUT2D eigenvalue weighted by Crippen LogP contribution is 2.27. The lowest BCUT2D eigenvalue weighted by molar-refractivity contribution is -0.137. The van der Waals surface area contributed by atoms with E-state index < -0.39 is 0 Å². The molecule has 0 saturated carbocycles. The van der Waals surface area contributed by atoms with Gasteiger partial charge in [-0.1, -0.05) is 97.1 Å². The Morgan fingerprint density at radius 2 is 1.13 bits per heavy atom. The lowest BCUT2D eigenvalue weighted by Crippen LogP contribution is -2.12. The van der Waals surface area contributed by atoms with Crippen LogP contribution in [0.1, 0.15) is 111 Å². The van der Waals surface area contributed by atoms with Crippen molar-refractivity contribution < 1.29 is 19.1 Å². The number of benzene rings is 1. The van der Waals surface area contributed by atoms with E-state index in [1.165, 1.54) is 38.5 Å². The van der Waals surface area contributed by atoms with Crippen LogP contribution in [0.3, 0.4) is 0 Å². The Morgan fingerprint density at radius 3 is 1.60 bits per heavy atom. The van der Waals surface area contributed by atoms with Crippen LogP contribution in [0.2, 0.25) is 0 Å². The average Bonchev–Trinajstić information content (AvgIpc) is 2.71. The maximum absolute atomic E-state index is 12.2. The topological polar surface area (TPSA) is 52.6 Å². The molecule has 0 heterocycles. The van der Waals surface area contributed by atoms with Crippen LogP contribution in [-0.4, -0.2) is 11.9 Å². The summed E-state index contributed by atoms with van der Waals surface area (Å²) in [5.74, 6) is 0.887. The molecule has 0 aromatic heterocycles. The van der Waals surface area contributed by atoms with Crippen molar-refractivity contribution >= 4 is 11.9 Å². The van der Waals surface area contributed by atoms with E-state index in [0.29, 0.717) is 24.3 Å². The second-order valence-corrected chi connectivity index (χ2v) is 8.61. The van der Waals surface area contributed by atoms with Crippen molar-refractivity contribution in [2.75, 3.05) is 0 Å². The van der Waals surface area contributed by atoms with Crippen molar-refractivity contribution in [2.24, 2.45) is 5.92 Å². The SMILES string of the molecule is CCCCCCCCC(=O)Oc1ccccc1OC(=O)CCCCCCCC(C)C. The Labute approximate surface area is 183 Å². The maximum Gasteiger partial charge on any atom is 0.311 e. The molecule has 0 amide bonds. The molecule has 0 bridgehead atoms. The summed E-state index contributed by atoms with van der Waals surface area (Å²) >= 11 is 0. The minimum atomic E-state index is -0.268. The molecule has 0 atom stereocenters. The van der Waals surface area contributed by atoms with Gasteiger partial charge in [-0.25, -0.2) is 0 Å². The predicted octanol–water partition coefficient (Wildman–Crippen LogP) is 7.63. The molecule has 0 N–H and O–H groups in total. The Morgan fingerprint density at radius 1 is 0.700 bits per heavy atom. The first-order valence-corrected chi connectivity index (χ1v) is 12.0. The normalized spacial score (nSPS) is 10.9. The fourth-order valence-electron chi connectivity index (χ4n) is 3.37. The summed E-state index contributed by atoms with van der Waals surface area (Å²) in [6, 6.07) is 6.91. The van der Waals surface area contributed by atoms with Crippen molar-refractivity contribution in [3.8, 4) is 11.5 Å². The molecule has 0 fully saturated rings. The summed E-state index contributed by atoms with van der Waals surface area (Å²) < 4.78 is 10.9. The van der Waals surface area contributed by atoms with Crippen LogP contribution in [0.4, 0.5) is 0 Å². The Balaban J connectivity index is 2.28. The molecule has 1 aromatic rings. The monoisotopic (exact) mass is 418 g/mol. The third-order valence-electron chi connectivity index (χ3n) is 5.19. The summed E-state index contributed by atoms with van der Waals surface area (Å²) in [5, 5.41) is 0. The molecule has 1 aromatic carbocycles. The van der Waals surface area contributed by atoms with Crippen LogP contribution in [-0.2, 0) is 9.59 Å². The van der Waals surface area contributed by atoms with Crippen molar-refractivity contribution in [1.82, 2.24) is 0 Å². The number of unbranched alkanes of at least 4 members (excludes halogenated alkanes) is 9. The molecule has 0 unspecified atom stereocenters. The van der Waals surface area contributed by atoms with E-state index in [4.69, 9.17) is 9.47 Å². The van der Waals surface area contributed by atoms with Crippen molar-refractivity contribution in [3.63, 3.8) is 0 Å². The lowest BCUT2D eigenvalue weighted by Gasteiger charge is -2.10. The van der Waals surface area contributed by atoms with Crippen molar-refractivity contribution in [1.29, 1.82) is 0 Å². The van der Waals surface area contributed by atoms with Crippen LogP contribution in [0.15, 0.2) is 24.3 Å². The zero-order valence-electron chi connectivity index (χ0n) is 19.4. The van der Waals surface area contributed by atoms with Gasteiger partial charge >= 0.3 is 11.9 Å². The summed E-state index contributed by atoms with van der Waals surface area (Å²) in [7, 11) is 0. The van der Waals surface area contributed by atoms with Gasteiger partial charge in [0.25, 0.3) is 0 Å². The van der Waals surface area contributed by atoms with E-state index in [-0.39, 0.29) is 11.9 Å². The molecule has 170 valence electrons. The molecule has 1 rings (SSSR count). The van der Waals surface area contributed by atoms with Gasteiger partial charge in [-0.05, 0) is 30.9 Å². The molecule has 0 saturated heterocycles. The van der Waals surface area contributed by atoms with E-state index in [9.17, 15) is 9.59 Å². The Bertz CT molecular complexity index is 594. The van der Waals surface area contributed by atoms with Gasteiger partial charge in [-0.2, -0.15) is 0 Å². The number of esters is 2. The van der Waals surface area contributed by atoms with Gasteiger partial charge in [0, 0.05) is 12.8 Å². The summed E-state index contributed by atoms with van der Waals surface area (Å²) in [6.07, 6.45) is 14.3. The Kier molecular flexibility index (Phi) is 14.8. The molecule has 0 radical (unpaired) electrons. The van der Waals surface area contributed by atoms with E-state index in [0.717, 1.165) is 44.4 Å². The van der Waals surface area contributed by atoms with Crippen LogP contribution >= 0.6 is 0 Å². The van der Waals surface area contributed by atoms with E-state index in [2.05, 4.69) is 20.8 Å². The summed E-state index contributed by atoms with van der Waals surface area (Å²) in [6.45, 7) is 6.69. The molecule has 0 aliphatic rings. The van der Waals surface area contributed by atoms with Gasteiger partial charge in [-0.3, -0.25) is 9.59 Å². The standard InChI is InChI=1S/C26H42O4/c1-4-5-6-7-10-13-20-25(27)29-23-18-15-16-19-24(23)30-26(28)21-14-11-8-9-12-17-22(2)3/h15-16,18-19,22H,4-14,17,20-21H2,1-3H3. The third-order valence-corrected chi connectivity index (χ3v) is 5.19. The number of carbonyl (C=O) groups is 2. The van der Waals surface area contributed by atoms with E-state index in [1.54, 1.807) is 24.3 Å². The average molecular weight is 419 g/mol.